The lowest BCUT2D eigenvalue weighted by molar-refractivity contribution is -0.134. The third kappa shape index (κ3) is 6.33. The van der Waals surface area contributed by atoms with Crippen molar-refractivity contribution in [1.29, 1.82) is 0 Å². The first-order valence-electron chi connectivity index (χ1n) is 10.8. The number of guanidine groups is 1. The number of rotatable bonds is 5. The standard InChI is InChI=1S/C23H36N4O.HI/c1-16-13-17(2)21(18(3)14-16)9-11-25-23(24-4)26-20-10-12-27(15-20)22(28)19-7-5-6-8-19;/h13-14,19-20H,5-12,15H2,1-4H3,(H2,24,25,26);1H. The second-order valence-corrected chi connectivity index (χ2v) is 8.52. The Labute approximate surface area is 193 Å². The summed E-state index contributed by atoms with van der Waals surface area (Å²) in [6.45, 7) is 9.05. The maximum absolute atomic E-state index is 12.6. The fourth-order valence-corrected chi connectivity index (χ4v) is 4.81. The summed E-state index contributed by atoms with van der Waals surface area (Å²) in [6.07, 6.45) is 6.55. The highest BCUT2D eigenvalue weighted by atomic mass is 127. The summed E-state index contributed by atoms with van der Waals surface area (Å²) < 4.78 is 0. The van der Waals surface area contributed by atoms with Crippen LogP contribution in [0, 0.1) is 26.7 Å². The van der Waals surface area contributed by atoms with Crippen molar-refractivity contribution in [3.8, 4) is 0 Å². The molecule has 29 heavy (non-hydrogen) atoms. The van der Waals surface area contributed by atoms with Gasteiger partial charge in [-0.2, -0.15) is 0 Å². The van der Waals surface area contributed by atoms with Gasteiger partial charge in [0, 0.05) is 38.6 Å². The van der Waals surface area contributed by atoms with Gasteiger partial charge in [0.05, 0.1) is 0 Å². The van der Waals surface area contributed by atoms with Crippen LogP contribution >= 0.6 is 24.0 Å². The van der Waals surface area contributed by atoms with Crippen LogP contribution < -0.4 is 10.6 Å². The first kappa shape index (κ1) is 24.0. The third-order valence-electron chi connectivity index (χ3n) is 6.28. The molecule has 1 heterocycles. The lowest BCUT2D eigenvalue weighted by atomic mass is 9.97. The van der Waals surface area contributed by atoms with E-state index in [-0.39, 0.29) is 29.9 Å². The summed E-state index contributed by atoms with van der Waals surface area (Å²) in [5, 5.41) is 6.96. The van der Waals surface area contributed by atoms with E-state index >= 15 is 0 Å². The fraction of sp³-hybridized carbons (Fsp3) is 0.652. The largest absolute Gasteiger partial charge is 0.356 e. The van der Waals surface area contributed by atoms with Gasteiger partial charge >= 0.3 is 0 Å². The predicted molar refractivity (Wildman–Crippen MR) is 131 cm³/mol. The van der Waals surface area contributed by atoms with Crippen molar-refractivity contribution in [3.05, 3.63) is 34.4 Å². The fourth-order valence-electron chi connectivity index (χ4n) is 4.81. The van der Waals surface area contributed by atoms with Crippen LogP contribution in [-0.2, 0) is 11.2 Å². The summed E-state index contributed by atoms with van der Waals surface area (Å²) in [7, 11) is 1.81. The Hall–Kier alpha value is -1.31. The normalized spacial score (nSPS) is 19.9. The highest BCUT2D eigenvalue weighted by Crippen LogP contribution is 2.27. The molecule has 1 aromatic rings. The van der Waals surface area contributed by atoms with Gasteiger partial charge in [-0.05, 0) is 63.1 Å². The molecule has 1 saturated heterocycles. The molecular weight excluding hydrogens is 475 g/mol. The summed E-state index contributed by atoms with van der Waals surface area (Å²) in [6, 6.07) is 4.80. The first-order valence-corrected chi connectivity index (χ1v) is 10.8. The number of carbonyl (C=O) groups excluding carboxylic acids is 1. The Morgan fingerprint density at radius 2 is 1.79 bits per heavy atom. The zero-order valence-corrected chi connectivity index (χ0v) is 20.7. The Morgan fingerprint density at radius 1 is 1.14 bits per heavy atom. The zero-order valence-electron chi connectivity index (χ0n) is 18.4. The van der Waals surface area contributed by atoms with Crippen LogP contribution in [0.4, 0.5) is 0 Å². The number of aryl methyl sites for hydroxylation is 3. The van der Waals surface area contributed by atoms with Crippen LogP contribution in [-0.4, -0.2) is 49.5 Å². The van der Waals surface area contributed by atoms with E-state index in [1.807, 2.05) is 7.05 Å². The number of nitrogens with zero attached hydrogens (tertiary/aromatic N) is 2. The van der Waals surface area contributed by atoms with Crippen LogP contribution in [0.25, 0.3) is 0 Å². The van der Waals surface area contributed by atoms with E-state index in [0.717, 1.165) is 51.3 Å². The highest BCUT2D eigenvalue weighted by molar-refractivity contribution is 14.0. The number of hydrogen-bond donors (Lipinski definition) is 2. The Kier molecular flexibility index (Phi) is 9.24. The maximum atomic E-state index is 12.6. The molecule has 1 aliphatic carbocycles. The van der Waals surface area contributed by atoms with E-state index in [4.69, 9.17) is 0 Å². The molecule has 0 aromatic heterocycles. The van der Waals surface area contributed by atoms with E-state index < -0.39 is 0 Å². The molecule has 1 atom stereocenters. The second-order valence-electron chi connectivity index (χ2n) is 8.52. The van der Waals surface area contributed by atoms with E-state index in [0.29, 0.717) is 11.9 Å². The molecule has 6 heteroatoms. The van der Waals surface area contributed by atoms with Crippen LogP contribution in [0.2, 0.25) is 0 Å². The van der Waals surface area contributed by atoms with Crippen molar-refractivity contribution in [2.75, 3.05) is 26.7 Å². The van der Waals surface area contributed by atoms with Crippen molar-refractivity contribution in [3.63, 3.8) is 0 Å². The van der Waals surface area contributed by atoms with Gasteiger partial charge in [-0.3, -0.25) is 9.79 Å². The summed E-state index contributed by atoms with van der Waals surface area (Å²) in [4.78, 5) is 19.1. The van der Waals surface area contributed by atoms with Gasteiger partial charge < -0.3 is 15.5 Å². The number of amides is 1. The summed E-state index contributed by atoms with van der Waals surface area (Å²) in [5.41, 5.74) is 5.46. The van der Waals surface area contributed by atoms with Gasteiger partial charge in [0.25, 0.3) is 0 Å². The van der Waals surface area contributed by atoms with E-state index in [9.17, 15) is 4.79 Å². The van der Waals surface area contributed by atoms with Gasteiger partial charge in [0.1, 0.15) is 0 Å². The number of aliphatic imine (C=N–C) groups is 1. The minimum Gasteiger partial charge on any atom is -0.356 e. The van der Waals surface area contributed by atoms with Gasteiger partial charge in [-0.25, -0.2) is 0 Å². The monoisotopic (exact) mass is 512 g/mol. The second kappa shape index (κ2) is 11.2. The molecule has 162 valence electrons. The molecule has 1 aromatic carbocycles. The quantitative estimate of drug-likeness (QED) is 0.359. The number of benzene rings is 1. The predicted octanol–water partition coefficient (Wildman–Crippen LogP) is 3.73. The van der Waals surface area contributed by atoms with Crippen LogP contribution in [0.3, 0.4) is 0 Å². The number of nitrogens with one attached hydrogen (secondary N) is 2. The summed E-state index contributed by atoms with van der Waals surface area (Å²) >= 11 is 0. The van der Waals surface area contributed by atoms with E-state index in [1.54, 1.807) is 0 Å². The Balaban J connectivity index is 0.00000300. The average molecular weight is 512 g/mol. The van der Waals surface area contributed by atoms with Crippen LogP contribution in [0.15, 0.2) is 17.1 Å². The van der Waals surface area contributed by atoms with Crippen molar-refractivity contribution >= 4 is 35.8 Å². The van der Waals surface area contributed by atoms with Crippen LogP contribution in [0.5, 0.6) is 0 Å². The van der Waals surface area contributed by atoms with Gasteiger partial charge in [0.2, 0.25) is 5.91 Å². The van der Waals surface area contributed by atoms with Crippen molar-refractivity contribution in [2.45, 2.75) is 65.3 Å². The lowest BCUT2D eigenvalue weighted by Gasteiger charge is -2.21. The minimum absolute atomic E-state index is 0. The molecule has 0 spiro atoms. The maximum Gasteiger partial charge on any atom is 0.225 e. The Morgan fingerprint density at radius 3 is 2.41 bits per heavy atom. The van der Waals surface area contributed by atoms with Crippen LogP contribution in [0.1, 0.15) is 54.4 Å². The topological polar surface area (TPSA) is 56.7 Å². The van der Waals surface area contributed by atoms with Gasteiger partial charge in [0.15, 0.2) is 5.96 Å². The third-order valence-corrected chi connectivity index (χ3v) is 6.28. The molecular formula is C23H37IN4O. The minimum atomic E-state index is 0. The molecule has 1 amide bonds. The Bertz CT molecular complexity index is 705. The molecule has 1 aliphatic heterocycles. The van der Waals surface area contributed by atoms with E-state index in [1.165, 1.54) is 35.1 Å². The number of hydrogen-bond acceptors (Lipinski definition) is 2. The van der Waals surface area contributed by atoms with Gasteiger partial charge in [-0.15, -0.1) is 24.0 Å². The lowest BCUT2D eigenvalue weighted by Crippen LogP contribution is -2.45. The molecule has 1 saturated carbocycles. The van der Waals surface area contributed by atoms with Gasteiger partial charge in [-0.1, -0.05) is 30.5 Å². The molecule has 0 radical (unpaired) electrons. The molecule has 1 unspecified atom stereocenters. The number of likely N-dealkylation sites (tertiary alicyclic amines) is 1. The highest BCUT2D eigenvalue weighted by Gasteiger charge is 2.32. The van der Waals surface area contributed by atoms with Crippen molar-refractivity contribution in [2.24, 2.45) is 10.9 Å². The van der Waals surface area contributed by atoms with Crippen molar-refractivity contribution < 1.29 is 4.79 Å². The SMILES string of the molecule is CN=C(NCCc1c(C)cc(C)cc1C)NC1CCN(C(=O)C2CCCC2)C1.I. The molecule has 2 fully saturated rings. The first-order chi connectivity index (χ1) is 13.5. The molecule has 5 nitrogen and oxygen atoms in total. The zero-order chi connectivity index (χ0) is 20.1. The molecule has 3 rings (SSSR count). The smallest absolute Gasteiger partial charge is 0.225 e. The number of carbonyl (C=O) groups is 1. The van der Waals surface area contributed by atoms with E-state index in [2.05, 4.69) is 53.4 Å². The number of halogens is 1. The average Bonchev–Trinajstić information content (AvgIpc) is 3.34. The molecule has 2 aliphatic rings. The molecule has 0 bridgehead atoms. The van der Waals surface area contributed by atoms with Crippen molar-refractivity contribution in [1.82, 2.24) is 15.5 Å². The molecule has 2 N–H and O–H groups in total. The summed E-state index contributed by atoms with van der Waals surface area (Å²) in [5.74, 6) is 1.48.